The average molecular weight is 948 g/mol. The van der Waals surface area contributed by atoms with Crippen molar-refractivity contribution in [1.29, 1.82) is 0 Å². The summed E-state index contributed by atoms with van der Waals surface area (Å²) in [6.07, 6.45) is 90.3. The average Bonchev–Trinajstić information content (AvgIpc) is 3.36. The summed E-state index contributed by atoms with van der Waals surface area (Å²) in [4.78, 5) is 0. The van der Waals surface area contributed by atoms with Crippen molar-refractivity contribution < 1.29 is 0 Å². The predicted molar refractivity (Wildman–Crippen MR) is 313 cm³/mol. The monoisotopic (exact) mass is 947 g/mol. The van der Waals surface area contributed by atoms with Crippen LogP contribution in [0.5, 0.6) is 0 Å². The van der Waals surface area contributed by atoms with Crippen LogP contribution < -0.4 is 0 Å². The first-order chi connectivity index (χ1) is 33.9. The van der Waals surface area contributed by atoms with Crippen molar-refractivity contribution >= 4 is 0 Å². The van der Waals surface area contributed by atoms with Crippen molar-refractivity contribution in [1.82, 2.24) is 0 Å². The van der Waals surface area contributed by atoms with Crippen LogP contribution in [0.3, 0.4) is 0 Å². The first-order valence-electron chi connectivity index (χ1n) is 33.0. The van der Waals surface area contributed by atoms with Gasteiger partial charge in [0.2, 0.25) is 0 Å². The molecule has 1 rings (SSSR count). The van der Waals surface area contributed by atoms with Gasteiger partial charge in [0.25, 0.3) is 0 Å². The van der Waals surface area contributed by atoms with E-state index in [-0.39, 0.29) is 0 Å². The van der Waals surface area contributed by atoms with Crippen molar-refractivity contribution in [2.24, 2.45) is 0 Å². The molecule has 0 spiro atoms. The van der Waals surface area contributed by atoms with Gasteiger partial charge < -0.3 is 0 Å². The first-order valence-corrected chi connectivity index (χ1v) is 33.0. The lowest BCUT2D eigenvalue weighted by Gasteiger charge is -2.05. The molecule has 0 aliphatic carbocycles. The van der Waals surface area contributed by atoms with Crippen molar-refractivity contribution in [2.75, 3.05) is 0 Å². The largest absolute Gasteiger partial charge is 0.0654 e. The third-order valence-electron chi connectivity index (χ3n) is 16.2. The van der Waals surface area contributed by atoms with Crippen molar-refractivity contribution in [3.05, 3.63) is 35.9 Å². The Bertz CT molecular complexity index is 979. The highest BCUT2D eigenvalue weighted by Crippen LogP contribution is 2.20. The molecule has 0 aliphatic heterocycles. The van der Waals surface area contributed by atoms with E-state index < -0.39 is 0 Å². The molecular formula is C68H130. The fourth-order valence-corrected chi connectivity index (χ4v) is 11.3. The van der Waals surface area contributed by atoms with Crippen LogP contribution in [0.2, 0.25) is 0 Å². The highest BCUT2D eigenvalue weighted by molar-refractivity contribution is 5.14. The highest BCUT2D eigenvalue weighted by Gasteiger charge is 2.01. The van der Waals surface area contributed by atoms with E-state index in [1.165, 1.54) is 397 Å². The number of benzene rings is 1. The Morgan fingerprint density at radius 3 is 0.441 bits per heavy atom. The second-order valence-corrected chi connectivity index (χ2v) is 23.1. The lowest BCUT2D eigenvalue weighted by atomic mass is 10.0. The van der Waals surface area contributed by atoms with E-state index in [1.54, 1.807) is 0 Å². The minimum absolute atomic E-state index is 1.26. The smallest absolute Gasteiger partial charge is 0.0279 e. The van der Waals surface area contributed by atoms with Crippen LogP contribution in [0.1, 0.15) is 398 Å². The van der Waals surface area contributed by atoms with Gasteiger partial charge in [-0.15, -0.1) is 0 Å². The van der Waals surface area contributed by atoms with Crippen LogP contribution in [-0.2, 0) is 6.42 Å². The molecule has 1 aromatic rings. The normalized spacial score (nSPS) is 11.7. The molecule has 0 aromatic heterocycles. The molecule has 0 N–H and O–H groups in total. The predicted octanol–water partition coefficient (Wildman–Crippen LogP) is 25.7. The van der Waals surface area contributed by atoms with Gasteiger partial charge in [0.1, 0.15) is 0 Å². The molecule has 0 saturated heterocycles. The van der Waals surface area contributed by atoms with Gasteiger partial charge in [-0.3, -0.25) is 0 Å². The lowest BCUT2D eigenvalue weighted by molar-refractivity contribution is 0.506. The molecule has 0 nitrogen and oxygen atoms in total. The third kappa shape index (κ3) is 56.1. The zero-order valence-electron chi connectivity index (χ0n) is 47.5. The fourth-order valence-electron chi connectivity index (χ4n) is 11.3. The van der Waals surface area contributed by atoms with Crippen LogP contribution >= 0.6 is 0 Å². The Balaban J connectivity index is 1.59. The highest BCUT2D eigenvalue weighted by atomic mass is 14.1. The van der Waals surface area contributed by atoms with Gasteiger partial charge in [0, 0.05) is 0 Å². The summed E-state index contributed by atoms with van der Waals surface area (Å²) in [5.41, 5.74) is 1.51. The molecule has 0 saturated carbocycles. The quantitative estimate of drug-likeness (QED) is 0.0571. The van der Waals surface area contributed by atoms with Crippen molar-refractivity contribution in [3.63, 3.8) is 0 Å². The lowest BCUT2D eigenvalue weighted by Crippen LogP contribution is -1.86. The summed E-state index contributed by atoms with van der Waals surface area (Å²) < 4.78 is 0. The molecule has 0 amide bonds. The molecule has 0 heterocycles. The summed E-state index contributed by atoms with van der Waals surface area (Å²) in [7, 11) is 0. The van der Waals surface area contributed by atoms with Crippen LogP contribution in [0, 0.1) is 0 Å². The van der Waals surface area contributed by atoms with Gasteiger partial charge in [-0.05, 0) is 18.4 Å². The molecule has 0 aliphatic rings. The van der Waals surface area contributed by atoms with Gasteiger partial charge in [0.05, 0.1) is 0 Å². The minimum atomic E-state index is 1.26. The number of rotatable bonds is 61. The molecule has 0 unspecified atom stereocenters. The Hall–Kier alpha value is -0.780. The second kappa shape index (κ2) is 60.5. The van der Waals surface area contributed by atoms with Crippen molar-refractivity contribution in [3.8, 4) is 0 Å². The summed E-state index contributed by atoms with van der Waals surface area (Å²) in [5, 5.41) is 0. The maximum Gasteiger partial charge on any atom is -0.0279 e. The zero-order chi connectivity index (χ0) is 48.2. The Morgan fingerprint density at radius 2 is 0.294 bits per heavy atom. The van der Waals surface area contributed by atoms with Crippen LogP contribution in [0.4, 0.5) is 0 Å². The molecule has 0 heteroatoms. The van der Waals surface area contributed by atoms with Gasteiger partial charge >= 0.3 is 0 Å². The van der Waals surface area contributed by atoms with Crippen LogP contribution in [0.25, 0.3) is 0 Å². The molecule has 0 atom stereocenters. The van der Waals surface area contributed by atoms with Crippen LogP contribution in [0.15, 0.2) is 30.3 Å². The number of aryl methyl sites for hydroxylation is 1. The number of hydrogen-bond donors (Lipinski definition) is 0. The fraction of sp³-hybridized carbons (Fsp3) is 0.912. The zero-order valence-corrected chi connectivity index (χ0v) is 47.5. The SMILES string of the molecule is CCCCCCCCCCCCCCCCCCCCCCCCCCCCCCCCCCCCCCCCCCCCCCCCCCCCCCCCCCCCCCc1ccccc1. The summed E-state index contributed by atoms with van der Waals surface area (Å²) in [6.45, 7) is 2.31. The van der Waals surface area contributed by atoms with Crippen molar-refractivity contribution in [2.45, 2.75) is 399 Å². The Morgan fingerprint density at radius 1 is 0.162 bits per heavy atom. The molecule has 68 heavy (non-hydrogen) atoms. The van der Waals surface area contributed by atoms with Gasteiger partial charge in [-0.25, -0.2) is 0 Å². The van der Waals surface area contributed by atoms with E-state index in [4.69, 9.17) is 0 Å². The summed E-state index contributed by atoms with van der Waals surface area (Å²) >= 11 is 0. The molecule has 0 fully saturated rings. The van der Waals surface area contributed by atoms with Gasteiger partial charge in [-0.1, -0.05) is 416 Å². The molecular weight excluding hydrogens is 817 g/mol. The Kier molecular flexibility index (Phi) is 58.1. The van der Waals surface area contributed by atoms with Gasteiger partial charge in [0.15, 0.2) is 0 Å². The van der Waals surface area contributed by atoms with Gasteiger partial charge in [-0.2, -0.15) is 0 Å². The first kappa shape index (κ1) is 65.2. The number of hydrogen-bond acceptors (Lipinski definition) is 0. The molecule has 402 valence electrons. The Labute approximate surface area is 432 Å². The summed E-state index contributed by atoms with van der Waals surface area (Å²) in [6, 6.07) is 11.0. The van der Waals surface area contributed by atoms with E-state index in [2.05, 4.69) is 37.3 Å². The maximum absolute atomic E-state index is 2.31. The topological polar surface area (TPSA) is 0 Å². The van der Waals surface area contributed by atoms with Crippen LogP contribution in [-0.4, -0.2) is 0 Å². The summed E-state index contributed by atoms with van der Waals surface area (Å²) in [5.74, 6) is 0. The standard InChI is InChI=1S/C68H130/c1-2-3-4-5-6-7-8-9-10-11-12-13-14-15-16-17-18-19-20-21-22-23-24-25-26-27-28-29-30-31-32-33-34-35-36-37-38-39-40-41-42-43-44-45-46-47-48-49-50-51-52-53-54-55-56-57-58-59-60-62-65-68-66-63-61-64-67-68/h61,63-64,66-67H,2-60,62,65H2,1H3. The second-order valence-electron chi connectivity index (χ2n) is 23.1. The molecule has 0 radical (unpaired) electrons. The van der Waals surface area contributed by atoms with E-state index in [1.807, 2.05) is 0 Å². The number of unbranched alkanes of at least 4 members (excludes halogenated alkanes) is 59. The minimum Gasteiger partial charge on any atom is -0.0654 e. The van der Waals surface area contributed by atoms with E-state index in [9.17, 15) is 0 Å². The van der Waals surface area contributed by atoms with E-state index >= 15 is 0 Å². The molecule has 0 bridgehead atoms. The maximum atomic E-state index is 2.31. The van der Waals surface area contributed by atoms with E-state index in [0.29, 0.717) is 0 Å². The van der Waals surface area contributed by atoms with E-state index in [0.717, 1.165) is 0 Å². The molecule has 1 aromatic carbocycles. The third-order valence-corrected chi connectivity index (χ3v) is 16.2.